The molecular weight excluding hydrogens is 196 g/mol. The lowest BCUT2D eigenvalue weighted by Crippen LogP contribution is -2.13. The summed E-state index contributed by atoms with van der Waals surface area (Å²) in [6.45, 7) is 0. The summed E-state index contributed by atoms with van der Waals surface area (Å²) in [4.78, 5) is 1.09. The number of thiophene rings is 1. The van der Waals surface area contributed by atoms with Crippen molar-refractivity contribution >= 4 is 21.4 Å². The fourth-order valence-electron chi connectivity index (χ4n) is 0.714. The number of nitrogens with zero attached hydrogens (tertiary/aromatic N) is 1. The van der Waals surface area contributed by atoms with Gasteiger partial charge in [-0.15, -0.1) is 11.3 Å². The monoisotopic (exact) mass is 202 g/mol. The molecule has 0 fully saturated rings. The van der Waals surface area contributed by atoms with Crippen LogP contribution in [0.15, 0.2) is 12.1 Å². The molecule has 0 amide bonds. The second-order valence-electron chi connectivity index (χ2n) is 2.18. The molecule has 12 heavy (non-hydrogen) atoms. The van der Waals surface area contributed by atoms with Crippen molar-refractivity contribution in [1.29, 1.82) is 5.26 Å². The summed E-state index contributed by atoms with van der Waals surface area (Å²) in [5, 5.41) is 13.2. The number of hydrogen-bond acceptors (Lipinski definition) is 4. The van der Waals surface area contributed by atoms with E-state index in [1.54, 1.807) is 12.1 Å². The lowest BCUT2D eigenvalue weighted by Gasteiger charge is -1.91. The Hall–Kier alpha value is -0.900. The van der Waals surface area contributed by atoms with E-state index >= 15 is 0 Å². The summed E-state index contributed by atoms with van der Waals surface area (Å²) in [6.07, 6.45) is 0. The third-order valence-electron chi connectivity index (χ3n) is 1.12. The van der Waals surface area contributed by atoms with Gasteiger partial charge in [0.25, 0.3) is 0 Å². The van der Waals surface area contributed by atoms with Crippen LogP contribution in [0, 0.1) is 11.3 Å². The highest BCUT2D eigenvalue weighted by atomic mass is 32.2. The van der Waals surface area contributed by atoms with E-state index in [1.807, 2.05) is 6.07 Å². The average Bonchev–Trinajstić information content (AvgIpc) is 2.32. The van der Waals surface area contributed by atoms with Crippen molar-refractivity contribution < 1.29 is 8.42 Å². The zero-order valence-corrected chi connectivity index (χ0v) is 7.65. The second kappa shape index (κ2) is 3.23. The molecular formula is C6H6N2O2S2. The number of nitrogens with two attached hydrogens (primary N) is 1. The maximum absolute atomic E-state index is 10.6. The molecule has 6 heteroatoms. The molecule has 0 radical (unpaired) electrons. The summed E-state index contributed by atoms with van der Waals surface area (Å²) in [7, 11) is -3.47. The van der Waals surface area contributed by atoms with Gasteiger partial charge in [-0.25, -0.2) is 13.6 Å². The Morgan fingerprint density at radius 1 is 1.58 bits per heavy atom. The Bertz CT molecular complexity index is 413. The molecule has 0 bridgehead atoms. The van der Waals surface area contributed by atoms with E-state index in [1.165, 1.54) is 0 Å². The molecule has 1 aromatic heterocycles. The predicted octanol–water partition coefficient (Wildman–Crippen LogP) is 0.408. The smallest absolute Gasteiger partial charge is 0.214 e. The second-order valence-corrected chi connectivity index (χ2v) is 4.97. The standard InChI is InChI=1S/C6H6N2O2S2/c7-3-5-1-2-6(11-5)4-12(8,9)10/h1-2H,4H2,(H2,8,9,10). The van der Waals surface area contributed by atoms with Crippen molar-refractivity contribution in [2.75, 3.05) is 0 Å². The molecule has 1 aromatic rings. The van der Waals surface area contributed by atoms with Gasteiger partial charge in [0.1, 0.15) is 10.9 Å². The van der Waals surface area contributed by atoms with Gasteiger partial charge in [-0.2, -0.15) is 5.26 Å². The average molecular weight is 202 g/mol. The lowest BCUT2D eigenvalue weighted by atomic mass is 10.4. The van der Waals surface area contributed by atoms with E-state index in [4.69, 9.17) is 10.4 Å². The normalized spacial score (nSPS) is 11.0. The molecule has 0 unspecified atom stereocenters. The van der Waals surface area contributed by atoms with Gasteiger partial charge in [-0.3, -0.25) is 0 Å². The van der Waals surface area contributed by atoms with Crippen molar-refractivity contribution in [3.05, 3.63) is 21.9 Å². The van der Waals surface area contributed by atoms with Crippen LogP contribution in [0.1, 0.15) is 9.75 Å². The molecule has 0 aliphatic rings. The van der Waals surface area contributed by atoms with E-state index in [-0.39, 0.29) is 5.75 Å². The van der Waals surface area contributed by atoms with E-state index in [0.29, 0.717) is 9.75 Å². The highest BCUT2D eigenvalue weighted by Crippen LogP contribution is 2.16. The molecule has 0 atom stereocenters. The van der Waals surface area contributed by atoms with Gasteiger partial charge in [0.2, 0.25) is 10.0 Å². The first-order valence-electron chi connectivity index (χ1n) is 3.00. The van der Waals surface area contributed by atoms with Gasteiger partial charge in [0.05, 0.1) is 5.75 Å². The Morgan fingerprint density at radius 2 is 2.25 bits per heavy atom. The molecule has 0 spiro atoms. The molecule has 0 aromatic carbocycles. The van der Waals surface area contributed by atoms with Crippen LogP contribution in [0.25, 0.3) is 0 Å². The number of sulfonamides is 1. The molecule has 0 saturated heterocycles. The van der Waals surface area contributed by atoms with Gasteiger partial charge >= 0.3 is 0 Å². The summed E-state index contributed by atoms with van der Waals surface area (Å²) < 4.78 is 21.2. The van der Waals surface area contributed by atoms with Gasteiger partial charge in [0.15, 0.2) is 0 Å². The van der Waals surface area contributed by atoms with Gasteiger partial charge in [-0.05, 0) is 12.1 Å². The Balaban J connectivity index is 2.87. The van der Waals surface area contributed by atoms with Gasteiger partial charge in [-0.1, -0.05) is 0 Å². The first-order chi connectivity index (χ1) is 5.51. The number of primary sulfonamides is 1. The minimum atomic E-state index is -3.47. The first kappa shape index (κ1) is 9.19. The van der Waals surface area contributed by atoms with E-state index in [0.717, 1.165) is 11.3 Å². The van der Waals surface area contributed by atoms with Crippen LogP contribution >= 0.6 is 11.3 Å². The Morgan fingerprint density at radius 3 is 2.67 bits per heavy atom. The number of nitriles is 1. The molecule has 0 aliphatic heterocycles. The molecule has 2 N–H and O–H groups in total. The zero-order chi connectivity index (χ0) is 9.19. The summed E-state index contributed by atoms with van der Waals surface area (Å²) >= 11 is 1.14. The maximum atomic E-state index is 10.6. The fourth-order valence-corrected chi connectivity index (χ4v) is 2.54. The number of hydrogen-bond donors (Lipinski definition) is 1. The molecule has 0 aliphatic carbocycles. The largest absolute Gasteiger partial charge is 0.228 e. The minimum Gasteiger partial charge on any atom is -0.228 e. The van der Waals surface area contributed by atoms with Crippen molar-refractivity contribution in [1.82, 2.24) is 0 Å². The topological polar surface area (TPSA) is 83.9 Å². The van der Waals surface area contributed by atoms with Crippen LogP contribution in [0.4, 0.5) is 0 Å². The highest BCUT2D eigenvalue weighted by molar-refractivity contribution is 7.88. The molecule has 1 heterocycles. The Labute approximate surface area is 74.3 Å². The third-order valence-corrected chi connectivity index (χ3v) is 3.00. The van der Waals surface area contributed by atoms with Crippen LogP contribution in [0.3, 0.4) is 0 Å². The quantitative estimate of drug-likeness (QED) is 0.753. The molecule has 0 saturated carbocycles. The summed E-state index contributed by atoms with van der Waals surface area (Å²) in [5.41, 5.74) is 0. The predicted molar refractivity (Wildman–Crippen MR) is 45.8 cm³/mol. The summed E-state index contributed by atoms with van der Waals surface area (Å²) in [5.74, 6) is -0.195. The summed E-state index contributed by atoms with van der Waals surface area (Å²) in [6, 6.07) is 5.08. The molecule has 64 valence electrons. The van der Waals surface area contributed by atoms with Crippen molar-refractivity contribution in [2.45, 2.75) is 5.75 Å². The Kier molecular flexibility index (Phi) is 2.47. The van der Waals surface area contributed by atoms with Crippen LogP contribution < -0.4 is 5.14 Å². The van der Waals surface area contributed by atoms with Crippen molar-refractivity contribution in [2.24, 2.45) is 5.14 Å². The number of rotatable bonds is 2. The fraction of sp³-hybridized carbons (Fsp3) is 0.167. The van der Waals surface area contributed by atoms with Gasteiger partial charge in [0, 0.05) is 4.88 Å². The van der Waals surface area contributed by atoms with Crippen LogP contribution in [0.2, 0.25) is 0 Å². The van der Waals surface area contributed by atoms with Crippen molar-refractivity contribution in [3.63, 3.8) is 0 Å². The van der Waals surface area contributed by atoms with E-state index in [2.05, 4.69) is 0 Å². The minimum absolute atomic E-state index is 0.195. The third kappa shape index (κ3) is 2.62. The lowest BCUT2D eigenvalue weighted by molar-refractivity contribution is 0.597. The molecule has 1 rings (SSSR count). The molecule has 4 nitrogen and oxygen atoms in total. The zero-order valence-electron chi connectivity index (χ0n) is 6.02. The maximum Gasteiger partial charge on any atom is 0.214 e. The first-order valence-corrected chi connectivity index (χ1v) is 5.54. The van der Waals surface area contributed by atoms with Crippen LogP contribution in [0.5, 0.6) is 0 Å². The van der Waals surface area contributed by atoms with Crippen molar-refractivity contribution in [3.8, 4) is 6.07 Å². The van der Waals surface area contributed by atoms with E-state index < -0.39 is 10.0 Å². The highest BCUT2D eigenvalue weighted by Gasteiger charge is 2.07. The van der Waals surface area contributed by atoms with Crippen LogP contribution in [-0.2, 0) is 15.8 Å². The van der Waals surface area contributed by atoms with E-state index in [9.17, 15) is 8.42 Å². The SMILES string of the molecule is N#Cc1ccc(CS(N)(=O)=O)s1. The van der Waals surface area contributed by atoms with Gasteiger partial charge < -0.3 is 0 Å². The van der Waals surface area contributed by atoms with Crippen LogP contribution in [-0.4, -0.2) is 8.42 Å².